The largest absolute Gasteiger partial charge is 0.492 e. The number of guanidine groups is 1. The second kappa shape index (κ2) is 11.6. The lowest BCUT2D eigenvalue weighted by atomic mass is 10.2. The Morgan fingerprint density at radius 3 is 2.73 bits per heavy atom. The van der Waals surface area contributed by atoms with Gasteiger partial charge in [0.1, 0.15) is 12.4 Å². The molecule has 0 unspecified atom stereocenters. The third-order valence-electron chi connectivity index (χ3n) is 5.29. The molecule has 0 radical (unpaired) electrons. The number of nitrogens with zero attached hydrogens (tertiary/aromatic N) is 4. The first-order valence-electron chi connectivity index (χ1n) is 10.8. The molecule has 1 N–H and O–H groups in total. The summed E-state index contributed by atoms with van der Waals surface area (Å²) in [5.41, 5.74) is 2.34. The zero-order valence-corrected chi connectivity index (χ0v) is 18.5. The summed E-state index contributed by atoms with van der Waals surface area (Å²) in [6.07, 6.45) is 2.07. The first-order valence-corrected chi connectivity index (χ1v) is 10.8. The van der Waals surface area contributed by atoms with Crippen LogP contribution in [0.3, 0.4) is 0 Å². The SMILES string of the molecule is CCNC(=NCc1ccccc1OCCN1CCOCC1)N(C)Cc1cccn1C. The third-order valence-corrected chi connectivity index (χ3v) is 5.29. The number of ether oxygens (including phenoxy) is 2. The van der Waals surface area contributed by atoms with Crippen molar-refractivity contribution >= 4 is 5.96 Å². The standard InChI is InChI=1S/C23H35N5O2/c1-4-24-23(27(3)19-21-9-7-11-26(21)2)25-18-20-8-5-6-10-22(20)30-17-14-28-12-15-29-16-13-28/h5-11H,4,12-19H2,1-3H3,(H,24,25). The van der Waals surface area contributed by atoms with Gasteiger partial charge in [0, 0.05) is 57.7 Å². The quantitative estimate of drug-likeness (QED) is 0.505. The summed E-state index contributed by atoms with van der Waals surface area (Å²) in [4.78, 5) is 9.40. The fourth-order valence-corrected chi connectivity index (χ4v) is 3.49. The highest BCUT2D eigenvalue weighted by molar-refractivity contribution is 5.79. The van der Waals surface area contributed by atoms with Crippen LogP contribution in [0.4, 0.5) is 0 Å². The van der Waals surface area contributed by atoms with Crippen molar-refractivity contribution in [1.82, 2.24) is 19.7 Å². The fourth-order valence-electron chi connectivity index (χ4n) is 3.49. The molecule has 164 valence electrons. The Morgan fingerprint density at radius 1 is 1.20 bits per heavy atom. The molecule has 2 heterocycles. The molecule has 0 spiro atoms. The lowest BCUT2D eigenvalue weighted by molar-refractivity contribution is 0.0322. The molecule has 3 rings (SSSR count). The zero-order valence-electron chi connectivity index (χ0n) is 18.5. The normalized spacial score (nSPS) is 15.2. The van der Waals surface area contributed by atoms with Gasteiger partial charge in [-0.1, -0.05) is 18.2 Å². The molecule has 0 bridgehead atoms. The number of aliphatic imine (C=N–C) groups is 1. The van der Waals surface area contributed by atoms with Crippen LogP contribution in [-0.2, 0) is 24.9 Å². The Bertz CT molecular complexity index is 798. The van der Waals surface area contributed by atoms with E-state index in [0.29, 0.717) is 13.2 Å². The molecule has 1 aromatic heterocycles. The minimum absolute atomic E-state index is 0.577. The van der Waals surface area contributed by atoms with Crippen LogP contribution in [0.15, 0.2) is 47.6 Å². The summed E-state index contributed by atoms with van der Waals surface area (Å²) in [6, 6.07) is 12.4. The molecule has 1 fully saturated rings. The van der Waals surface area contributed by atoms with E-state index in [2.05, 4.69) is 65.1 Å². The maximum atomic E-state index is 6.10. The lowest BCUT2D eigenvalue weighted by Gasteiger charge is -2.26. The van der Waals surface area contributed by atoms with Crippen molar-refractivity contribution in [2.24, 2.45) is 12.0 Å². The van der Waals surface area contributed by atoms with Gasteiger partial charge in [0.05, 0.1) is 26.3 Å². The second-order valence-corrected chi connectivity index (χ2v) is 7.55. The Kier molecular flexibility index (Phi) is 8.59. The molecule has 7 heteroatoms. The Labute approximate surface area is 180 Å². The van der Waals surface area contributed by atoms with Gasteiger partial charge in [0.15, 0.2) is 5.96 Å². The van der Waals surface area contributed by atoms with E-state index in [1.165, 1.54) is 5.69 Å². The van der Waals surface area contributed by atoms with Crippen molar-refractivity contribution in [3.63, 3.8) is 0 Å². The van der Waals surface area contributed by atoms with Crippen LogP contribution in [0, 0.1) is 0 Å². The van der Waals surface area contributed by atoms with E-state index in [9.17, 15) is 0 Å². The molecule has 30 heavy (non-hydrogen) atoms. The first kappa shape index (κ1) is 22.2. The van der Waals surface area contributed by atoms with Crippen molar-refractivity contribution in [2.45, 2.75) is 20.0 Å². The van der Waals surface area contributed by atoms with Crippen molar-refractivity contribution in [2.75, 3.05) is 53.0 Å². The molecular weight excluding hydrogens is 378 g/mol. The molecule has 1 aliphatic heterocycles. The molecule has 7 nitrogen and oxygen atoms in total. The number of aromatic nitrogens is 1. The number of hydrogen-bond donors (Lipinski definition) is 1. The van der Waals surface area contributed by atoms with Crippen molar-refractivity contribution < 1.29 is 9.47 Å². The predicted molar refractivity (Wildman–Crippen MR) is 121 cm³/mol. The number of morpholine rings is 1. The number of rotatable bonds is 9. The lowest BCUT2D eigenvalue weighted by Crippen LogP contribution is -2.39. The van der Waals surface area contributed by atoms with Gasteiger partial charge in [-0.05, 0) is 25.1 Å². The number of benzene rings is 1. The summed E-state index contributed by atoms with van der Waals surface area (Å²) in [7, 11) is 4.14. The maximum absolute atomic E-state index is 6.10. The summed E-state index contributed by atoms with van der Waals surface area (Å²) >= 11 is 0. The van der Waals surface area contributed by atoms with Crippen molar-refractivity contribution in [3.05, 3.63) is 53.9 Å². The van der Waals surface area contributed by atoms with Gasteiger partial charge in [0.25, 0.3) is 0 Å². The topological polar surface area (TPSA) is 54.3 Å². The minimum Gasteiger partial charge on any atom is -0.492 e. The van der Waals surface area contributed by atoms with E-state index in [1.807, 2.05) is 18.2 Å². The van der Waals surface area contributed by atoms with Crippen LogP contribution >= 0.6 is 0 Å². The number of hydrogen-bond acceptors (Lipinski definition) is 4. The molecule has 0 amide bonds. The van der Waals surface area contributed by atoms with Gasteiger partial charge in [-0.3, -0.25) is 4.90 Å². The van der Waals surface area contributed by atoms with Crippen molar-refractivity contribution in [3.8, 4) is 5.75 Å². The van der Waals surface area contributed by atoms with Crippen LogP contribution in [0.2, 0.25) is 0 Å². The fraction of sp³-hybridized carbons (Fsp3) is 0.522. The minimum atomic E-state index is 0.577. The average Bonchev–Trinajstić information content (AvgIpc) is 3.17. The van der Waals surface area contributed by atoms with Crippen LogP contribution < -0.4 is 10.1 Å². The van der Waals surface area contributed by atoms with Gasteiger partial charge in [-0.2, -0.15) is 0 Å². The van der Waals surface area contributed by atoms with E-state index in [4.69, 9.17) is 14.5 Å². The molecule has 1 aliphatic rings. The molecule has 1 saturated heterocycles. The van der Waals surface area contributed by atoms with Crippen LogP contribution in [0.5, 0.6) is 5.75 Å². The van der Waals surface area contributed by atoms with Gasteiger partial charge in [-0.25, -0.2) is 4.99 Å². The highest BCUT2D eigenvalue weighted by Gasteiger charge is 2.12. The van der Waals surface area contributed by atoms with Gasteiger partial charge < -0.3 is 24.3 Å². The summed E-state index contributed by atoms with van der Waals surface area (Å²) in [5.74, 6) is 1.80. The van der Waals surface area contributed by atoms with Crippen LogP contribution in [-0.4, -0.2) is 73.4 Å². The summed E-state index contributed by atoms with van der Waals surface area (Å²) < 4.78 is 13.6. The third kappa shape index (κ3) is 6.50. The Balaban J connectivity index is 1.60. The Hall–Kier alpha value is -2.51. The first-order chi connectivity index (χ1) is 14.7. The summed E-state index contributed by atoms with van der Waals surface area (Å²) in [5, 5.41) is 3.40. The Morgan fingerprint density at radius 2 is 2.00 bits per heavy atom. The smallest absolute Gasteiger partial charge is 0.194 e. The molecular formula is C23H35N5O2. The molecule has 0 atom stereocenters. The number of para-hydroxylation sites is 1. The number of aryl methyl sites for hydroxylation is 1. The zero-order chi connectivity index (χ0) is 21.2. The van der Waals surface area contributed by atoms with E-state index in [0.717, 1.165) is 63.2 Å². The van der Waals surface area contributed by atoms with Crippen LogP contribution in [0.25, 0.3) is 0 Å². The van der Waals surface area contributed by atoms with E-state index < -0.39 is 0 Å². The van der Waals surface area contributed by atoms with Gasteiger partial charge in [0.2, 0.25) is 0 Å². The van der Waals surface area contributed by atoms with E-state index >= 15 is 0 Å². The molecule has 1 aromatic carbocycles. The van der Waals surface area contributed by atoms with Gasteiger partial charge in [-0.15, -0.1) is 0 Å². The highest BCUT2D eigenvalue weighted by atomic mass is 16.5. The highest BCUT2D eigenvalue weighted by Crippen LogP contribution is 2.19. The summed E-state index contributed by atoms with van der Waals surface area (Å²) in [6.45, 7) is 9.48. The maximum Gasteiger partial charge on any atom is 0.194 e. The molecule has 0 aliphatic carbocycles. The van der Waals surface area contributed by atoms with Crippen LogP contribution in [0.1, 0.15) is 18.2 Å². The van der Waals surface area contributed by atoms with E-state index in [-0.39, 0.29) is 0 Å². The van der Waals surface area contributed by atoms with Gasteiger partial charge >= 0.3 is 0 Å². The number of nitrogens with one attached hydrogen (secondary N) is 1. The second-order valence-electron chi connectivity index (χ2n) is 7.55. The predicted octanol–water partition coefficient (Wildman–Crippen LogP) is 2.33. The van der Waals surface area contributed by atoms with Crippen molar-refractivity contribution in [1.29, 1.82) is 0 Å². The van der Waals surface area contributed by atoms with E-state index in [1.54, 1.807) is 0 Å². The molecule has 2 aromatic rings. The monoisotopic (exact) mass is 413 g/mol. The molecule has 0 saturated carbocycles. The average molecular weight is 414 g/mol.